The van der Waals surface area contributed by atoms with Gasteiger partial charge in [0.1, 0.15) is 22.8 Å². The van der Waals surface area contributed by atoms with Gasteiger partial charge >= 0.3 is 0 Å². The van der Waals surface area contributed by atoms with Gasteiger partial charge in [0.15, 0.2) is 17.3 Å². The number of Topliss-reactive ketones (excluding diaryl/α,β-unsaturated/α-hetero) is 1. The quantitative estimate of drug-likeness (QED) is 0.669. The van der Waals surface area contributed by atoms with Crippen LogP contribution in [0.1, 0.15) is 47.7 Å². The van der Waals surface area contributed by atoms with Crippen LogP contribution >= 0.6 is 0 Å². The Labute approximate surface area is 176 Å². The number of carbonyl (C=O) groups excluding carboxylic acids is 1. The van der Waals surface area contributed by atoms with E-state index in [9.17, 15) is 4.79 Å². The van der Waals surface area contributed by atoms with Gasteiger partial charge in [-0.25, -0.2) is 0 Å². The third kappa shape index (κ3) is 3.36. The van der Waals surface area contributed by atoms with Gasteiger partial charge < -0.3 is 23.7 Å². The van der Waals surface area contributed by atoms with E-state index in [0.29, 0.717) is 47.3 Å². The Morgan fingerprint density at radius 1 is 1.03 bits per heavy atom. The van der Waals surface area contributed by atoms with Crippen LogP contribution in [-0.2, 0) is 0 Å². The molecule has 0 saturated heterocycles. The summed E-state index contributed by atoms with van der Waals surface area (Å²) in [7, 11) is 4.72. The summed E-state index contributed by atoms with van der Waals surface area (Å²) in [6, 6.07) is 7.22. The highest BCUT2D eigenvalue weighted by Gasteiger charge is 2.33. The first-order chi connectivity index (χ1) is 14.4. The van der Waals surface area contributed by atoms with E-state index in [1.807, 2.05) is 38.1 Å². The standard InChI is InChI=1S/C24H26O6/c1-24(2)10-8-15-18(30-24)7-6-16(23(15)28-5)22(25)14-9-11-29-19-13-21(27-4)20(26-3)12-17(14)19/h6-8,10,12-14H,9,11H2,1-5H3/t14-/m1/s1. The van der Waals surface area contributed by atoms with Crippen molar-refractivity contribution in [3.63, 3.8) is 0 Å². The van der Waals surface area contributed by atoms with Crippen LogP contribution in [0.25, 0.3) is 6.08 Å². The highest BCUT2D eigenvalue weighted by atomic mass is 16.5. The molecule has 1 atom stereocenters. The molecule has 2 aromatic carbocycles. The fraction of sp³-hybridized carbons (Fsp3) is 0.375. The lowest BCUT2D eigenvalue weighted by molar-refractivity contribution is 0.0929. The highest BCUT2D eigenvalue weighted by Crippen LogP contribution is 2.45. The zero-order valence-electron chi connectivity index (χ0n) is 17.9. The van der Waals surface area contributed by atoms with Crippen molar-refractivity contribution in [3.05, 3.63) is 47.0 Å². The molecular weight excluding hydrogens is 384 g/mol. The number of benzene rings is 2. The molecule has 0 bridgehead atoms. The lowest BCUT2D eigenvalue weighted by atomic mass is 9.85. The van der Waals surface area contributed by atoms with Crippen LogP contribution in [0.3, 0.4) is 0 Å². The van der Waals surface area contributed by atoms with Crippen LogP contribution in [0.5, 0.6) is 28.7 Å². The van der Waals surface area contributed by atoms with E-state index in [1.54, 1.807) is 33.5 Å². The second-order valence-corrected chi connectivity index (χ2v) is 7.90. The molecule has 2 aromatic rings. The molecule has 30 heavy (non-hydrogen) atoms. The van der Waals surface area contributed by atoms with Gasteiger partial charge in [-0.05, 0) is 50.6 Å². The summed E-state index contributed by atoms with van der Waals surface area (Å²) in [5.74, 6) is 2.61. The summed E-state index contributed by atoms with van der Waals surface area (Å²) >= 11 is 0. The molecule has 158 valence electrons. The van der Waals surface area contributed by atoms with Gasteiger partial charge in [0.2, 0.25) is 0 Å². The summed E-state index contributed by atoms with van der Waals surface area (Å²) in [6.07, 6.45) is 4.49. The van der Waals surface area contributed by atoms with E-state index < -0.39 is 5.60 Å². The number of ketones is 1. The molecule has 4 rings (SSSR count). The van der Waals surface area contributed by atoms with Crippen molar-refractivity contribution in [1.29, 1.82) is 0 Å². The predicted molar refractivity (Wildman–Crippen MR) is 113 cm³/mol. The smallest absolute Gasteiger partial charge is 0.174 e. The van der Waals surface area contributed by atoms with Gasteiger partial charge in [0.05, 0.1) is 45.0 Å². The third-order valence-electron chi connectivity index (χ3n) is 5.52. The maximum absolute atomic E-state index is 13.6. The molecule has 6 heteroatoms. The largest absolute Gasteiger partial charge is 0.495 e. The van der Waals surface area contributed by atoms with E-state index >= 15 is 0 Å². The maximum Gasteiger partial charge on any atom is 0.174 e. The van der Waals surface area contributed by atoms with Crippen molar-refractivity contribution in [2.75, 3.05) is 27.9 Å². The Bertz CT molecular complexity index is 1020. The second kappa shape index (κ2) is 7.59. The molecule has 0 aliphatic carbocycles. The molecule has 0 aromatic heterocycles. The molecule has 0 amide bonds. The maximum atomic E-state index is 13.6. The van der Waals surface area contributed by atoms with Gasteiger partial charge in [-0.2, -0.15) is 0 Å². The van der Waals surface area contributed by atoms with Crippen molar-refractivity contribution in [1.82, 2.24) is 0 Å². The molecular formula is C24H26O6. The van der Waals surface area contributed by atoms with E-state index in [-0.39, 0.29) is 11.7 Å². The van der Waals surface area contributed by atoms with Crippen LogP contribution < -0.4 is 23.7 Å². The number of carbonyl (C=O) groups is 1. The van der Waals surface area contributed by atoms with Crippen LogP contribution in [0.4, 0.5) is 0 Å². The van der Waals surface area contributed by atoms with Crippen molar-refractivity contribution in [2.24, 2.45) is 0 Å². The van der Waals surface area contributed by atoms with Crippen molar-refractivity contribution >= 4 is 11.9 Å². The molecule has 0 radical (unpaired) electrons. The van der Waals surface area contributed by atoms with E-state index in [2.05, 4.69) is 0 Å². The normalized spacial score (nSPS) is 18.4. The SMILES string of the molecule is COc1cc2c(cc1OC)[C@H](C(=O)c1ccc3c(c1OC)C=CC(C)(C)O3)CCO2. The molecule has 2 aliphatic rings. The average Bonchev–Trinajstić information content (AvgIpc) is 2.75. The van der Waals surface area contributed by atoms with Gasteiger partial charge in [-0.1, -0.05) is 0 Å². The summed E-state index contributed by atoms with van der Waals surface area (Å²) in [4.78, 5) is 13.6. The molecule has 6 nitrogen and oxygen atoms in total. The van der Waals surface area contributed by atoms with Crippen molar-refractivity contribution in [3.8, 4) is 28.7 Å². The van der Waals surface area contributed by atoms with E-state index in [4.69, 9.17) is 23.7 Å². The minimum atomic E-state index is -0.404. The average molecular weight is 410 g/mol. The lowest BCUT2D eigenvalue weighted by Crippen LogP contribution is -2.28. The fourth-order valence-corrected chi connectivity index (χ4v) is 4.02. The number of hydrogen-bond acceptors (Lipinski definition) is 6. The number of ether oxygens (including phenoxy) is 5. The third-order valence-corrected chi connectivity index (χ3v) is 5.52. The fourth-order valence-electron chi connectivity index (χ4n) is 4.02. The van der Waals surface area contributed by atoms with Crippen LogP contribution in [0.15, 0.2) is 30.3 Å². The van der Waals surface area contributed by atoms with Gasteiger partial charge in [-0.3, -0.25) is 4.79 Å². The van der Waals surface area contributed by atoms with Crippen LogP contribution in [0, 0.1) is 0 Å². The number of methoxy groups -OCH3 is 3. The summed E-state index contributed by atoms with van der Waals surface area (Å²) in [5, 5.41) is 0. The van der Waals surface area contributed by atoms with Crippen molar-refractivity contribution in [2.45, 2.75) is 31.8 Å². The van der Waals surface area contributed by atoms with E-state index in [1.165, 1.54) is 0 Å². The molecule has 2 aliphatic heterocycles. The van der Waals surface area contributed by atoms with Crippen LogP contribution in [-0.4, -0.2) is 39.3 Å². The topological polar surface area (TPSA) is 63.2 Å². The molecule has 0 N–H and O–H groups in total. The monoisotopic (exact) mass is 410 g/mol. The van der Waals surface area contributed by atoms with E-state index in [0.717, 1.165) is 11.1 Å². The summed E-state index contributed by atoms with van der Waals surface area (Å²) in [6.45, 7) is 4.42. The van der Waals surface area contributed by atoms with Gasteiger partial charge in [0.25, 0.3) is 0 Å². The number of fused-ring (bicyclic) bond motifs is 2. The summed E-state index contributed by atoms with van der Waals surface area (Å²) < 4.78 is 28.3. The Morgan fingerprint density at radius 2 is 1.77 bits per heavy atom. The summed E-state index contributed by atoms with van der Waals surface area (Å²) in [5.41, 5.74) is 1.69. The first-order valence-corrected chi connectivity index (χ1v) is 9.90. The Kier molecular flexibility index (Phi) is 5.10. The second-order valence-electron chi connectivity index (χ2n) is 7.90. The van der Waals surface area contributed by atoms with Gasteiger partial charge in [0, 0.05) is 11.6 Å². The van der Waals surface area contributed by atoms with Crippen LogP contribution in [0.2, 0.25) is 0 Å². The number of rotatable bonds is 5. The number of hydrogen-bond donors (Lipinski definition) is 0. The minimum Gasteiger partial charge on any atom is -0.495 e. The Morgan fingerprint density at radius 3 is 2.47 bits per heavy atom. The Hall–Kier alpha value is -3.15. The molecule has 0 fully saturated rings. The first kappa shape index (κ1) is 20.1. The van der Waals surface area contributed by atoms with Crippen molar-refractivity contribution < 1.29 is 28.5 Å². The first-order valence-electron chi connectivity index (χ1n) is 9.90. The lowest BCUT2D eigenvalue weighted by Gasteiger charge is -2.30. The zero-order chi connectivity index (χ0) is 21.5. The zero-order valence-corrected chi connectivity index (χ0v) is 17.9. The molecule has 2 heterocycles. The molecule has 0 spiro atoms. The highest BCUT2D eigenvalue weighted by molar-refractivity contribution is 6.05. The molecule has 0 saturated carbocycles. The predicted octanol–water partition coefficient (Wildman–Crippen LogP) is 4.65. The Balaban J connectivity index is 1.77. The minimum absolute atomic E-state index is 0.0235. The molecule has 0 unspecified atom stereocenters. The van der Waals surface area contributed by atoms with Gasteiger partial charge in [-0.15, -0.1) is 0 Å².